The number of aliphatic imine (C=N–C) groups is 1. The van der Waals surface area contributed by atoms with Gasteiger partial charge in [-0.15, -0.1) is 35.3 Å². The maximum Gasteiger partial charge on any atom is 0.191 e. The van der Waals surface area contributed by atoms with Gasteiger partial charge in [-0.3, -0.25) is 4.99 Å². The van der Waals surface area contributed by atoms with Gasteiger partial charge in [-0.05, 0) is 37.6 Å². The number of aliphatic hydroxyl groups is 1. The minimum Gasteiger partial charge on any atom is -0.386 e. The summed E-state index contributed by atoms with van der Waals surface area (Å²) in [6.07, 6.45) is 0.0501. The molecule has 0 aliphatic rings. The van der Waals surface area contributed by atoms with Crippen LogP contribution in [0.15, 0.2) is 28.6 Å². The fourth-order valence-electron chi connectivity index (χ4n) is 2.22. The number of hydrogen-bond donors (Lipinski definition) is 3. The number of halogens is 3. The van der Waals surface area contributed by atoms with E-state index < -0.39 is 6.10 Å². The number of thiazole rings is 1. The first kappa shape index (κ1) is 23.4. The minimum atomic E-state index is -0.771. The third kappa shape index (κ3) is 7.96. The van der Waals surface area contributed by atoms with E-state index in [9.17, 15) is 5.11 Å². The first-order valence-corrected chi connectivity index (χ1v) is 9.68. The summed E-state index contributed by atoms with van der Waals surface area (Å²) in [5, 5.41) is 20.8. The average Bonchev–Trinajstić information content (AvgIpc) is 2.96. The van der Waals surface area contributed by atoms with Gasteiger partial charge in [0.25, 0.3) is 0 Å². The third-order valence-electron chi connectivity index (χ3n) is 3.38. The van der Waals surface area contributed by atoms with Crippen molar-refractivity contribution in [2.75, 3.05) is 19.6 Å². The molecular weight excluding hydrogens is 506 g/mol. The number of nitrogens with zero attached hydrogens (tertiary/aromatic N) is 2. The van der Waals surface area contributed by atoms with E-state index in [0.717, 1.165) is 23.7 Å². The van der Waals surface area contributed by atoms with E-state index in [1.807, 2.05) is 13.8 Å². The number of aliphatic hydroxyl groups excluding tert-OH is 1. The van der Waals surface area contributed by atoms with E-state index in [1.165, 1.54) is 0 Å². The topological polar surface area (TPSA) is 69.5 Å². The monoisotopic (exact) mass is 528 g/mol. The smallest absolute Gasteiger partial charge is 0.191 e. The van der Waals surface area contributed by atoms with Crippen LogP contribution in [-0.4, -0.2) is 35.7 Å². The van der Waals surface area contributed by atoms with E-state index in [0.29, 0.717) is 28.1 Å². The first-order chi connectivity index (χ1) is 12.0. The van der Waals surface area contributed by atoms with Gasteiger partial charge >= 0.3 is 0 Å². The normalized spacial score (nSPS) is 12.4. The lowest BCUT2D eigenvalue weighted by Crippen LogP contribution is -2.38. The second-order valence-electron chi connectivity index (χ2n) is 5.47. The van der Waals surface area contributed by atoms with Crippen LogP contribution in [0.25, 0.3) is 0 Å². The van der Waals surface area contributed by atoms with Crippen LogP contribution in [0.4, 0.5) is 0 Å². The van der Waals surface area contributed by atoms with Crippen molar-refractivity contribution in [1.29, 1.82) is 0 Å². The lowest BCUT2D eigenvalue weighted by atomic mass is 10.1. The quantitative estimate of drug-likeness (QED) is 0.286. The molecular formula is C17H23Cl2IN4OS. The molecule has 144 valence electrons. The van der Waals surface area contributed by atoms with Crippen molar-refractivity contribution in [3.63, 3.8) is 0 Å². The summed E-state index contributed by atoms with van der Waals surface area (Å²) in [5.74, 6) is 0.654. The number of benzene rings is 1. The highest BCUT2D eigenvalue weighted by molar-refractivity contribution is 14.0. The maximum atomic E-state index is 10.3. The van der Waals surface area contributed by atoms with Crippen LogP contribution in [0.5, 0.6) is 0 Å². The van der Waals surface area contributed by atoms with E-state index in [4.69, 9.17) is 23.2 Å². The van der Waals surface area contributed by atoms with Crippen molar-refractivity contribution in [3.05, 3.63) is 49.9 Å². The molecule has 0 aliphatic heterocycles. The fraction of sp³-hybridized carbons (Fsp3) is 0.412. The molecule has 0 bridgehead atoms. The molecule has 2 aromatic rings. The van der Waals surface area contributed by atoms with E-state index in [-0.39, 0.29) is 30.5 Å². The molecule has 0 radical (unpaired) electrons. The molecule has 1 aromatic carbocycles. The summed E-state index contributed by atoms with van der Waals surface area (Å²) in [6.45, 7) is 5.65. The van der Waals surface area contributed by atoms with Crippen LogP contribution >= 0.6 is 58.5 Å². The maximum absolute atomic E-state index is 10.3. The van der Waals surface area contributed by atoms with Crippen LogP contribution in [0.1, 0.15) is 29.3 Å². The van der Waals surface area contributed by atoms with Gasteiger partial charge in [0.2, 0.25) is 0 Å². The molecule has 0 spiro atoms. The third-order valence-corrected chi connectivity index (χ3v) is 4.64. The van der Waals surface area contributed by atoms with Crippen molar-refractivity contribution in [3.8, 4) is 0 Å². The van der Waals surface area contributed by atoms with E-state index in [1.54, 1.807) is 29.5 Å². The summed E-state index contributed by atoms with van der Waals surface area (Å²) in [5.41, 5.74) is 1.72. The van der Waals surface area contributed by atoms with Crippen molar-refractivity contribution in [2.24, 2.45) is 4.99 Å². The zero-order chi connectivity index (χ0) is 18.2. The highest BCUT2D eigenvalue weighted by atomic mass is 127. The number of aryl methyl sites for hydroxylation is 1. The zero-order valence-electron chi connectivity index (χ0n) is 14.6. The first-order valence-electron chi connectivity index (χ1n) is 8.05. The van der Waals surface area contributed by atoms with Crippen molar-refractivity contribution in [2.45, 2.75) is 26.4 Å². The Morgan fingerprint density at radius 3 is 2.54 bits per heavy atom. The Balaban J connectivity index is 0.00000338. The van der Waals surface area contributed by atoms with Gasteiger partial charge in [0, 0.05) is 34.9 Å². The Hall–Kier alpha value is -0.610. The highest BCUT2D eigenvalue weighted by Crippen LogP contribution is 2.23. The molecule has 1 aromatic heterocycles. The van der Waals surface area contributed by atoms with Crippen molar-refractivity contribution >= 4 is 64.5 Å². The molecule has 1 heterocycles. The summed E-state index contributed by atoms with van der Waals surface area (Å²) in [7, 11) is 0. The molecule has 1 unspecified atom stereocenters. The van der Waals surface area contributed by atoms with Gasteiger partial charge in [-0.25, -0.2) is 4.98 Å². The van der Waals surface area contributed by atoms with Gasteiger partial charge in [0.15, 0.2) is 5.96 Å². The second-order valence-corrected chi connectivity index (χ2v) is 7.41. The van der Waals surface area contributed by atoms with Gasteiger partial charge in [0.05, 0.1) is 23.4 Å². The SMILES string of the molecule is CCNC(=NCC(O)c1cc(Cl)cc(Cl)c1)NCCc1csc(C)n1.I. The zero-order valence-corrected chi connectivity index (χ0v) is 19.3. The molecule has 9 heteroatoms. The Kier molecular flexibility index (Phi) is 10.8. The number of hydrogen-bond acceptors (Lipinski definition) is 4. The largest absolute Gasteiger partial charge is 0.386 e. The molecule has 0 aliphatic carbocycles. The van der Waals surface area contributed by atoms with E-state index in [2.05, 4.69) is 26.0 Å². The summed E-state index contributed by atoms with van der Waals surface area (Å²) in [4.78, 5) is 8.86. The van der Waals surface area contributed by atoms with E-state index >= 15 is 0 Å². The number of nitrogens with one attached hydrogen (secondary N) is 2. The fourth-order valence-corrected chi connectivity index (χ4v) is 3.41. The van der Waals surface area contributed by atoms with Crippen LogP contribution in [-0.2, 0) is 6.42 Å². The summed E-state index contributed by atoms with van der Waals surface area (Å²) >= 11 is 13.6. The van der Waals surface area contributed by atoms with Gasteiger partial charge in [-0.1, -0.05) is 23.2 Å². The number of aromatic nitrogens is 1. The predicted molar refractivity (Wildman–Crippen MR) is 121 cm³/mol. The van der Waals surface area contributed by atoms with Crippen LogP contribution in [0.2, 0.25) is 10.0 Å². The molecule has 0 saturated carbocycles. The molecule has 1 atom stereocenters. The van der Waals surface area contributed by atoms with Gasteiger partial charge in [0.1, 0.15) is 0 Å². The Morgan fingerprint density at radius 2 is 1.96 bits per heavy atom. The highest BCUT2D eigenvalue weighted by Gasteiger charge is 2.10. The predicted octanol–water partition coefficient (Wildman–Crippen LogP) is 4.21. The molecule has 0 fully saturated rings. The second kappa shape index (κ2) is 12.0. The summed E-state index contributed by atoms with van der Waals surface area (Å²) < 4.78 is 0. The van der Waals surface area contributed by atoms with Crippen molar-refractivity contribution in [1.82, 2.24) is 15.6 Å². The molecule has 2 rings (SSSR count). The average molecular weight is 529 g/mol. The lowest BCUT2D eigenvalue weighted by Gasteiger charge is -2.13. The Morgan fingerprint density at radius 1 is 1.27 bits per heavy atom. The lowest BCUT2D eigenvalue weighted by molar-refractivity contribution is 0.187. The summed E-state index contributed by atoms with van der Waals surface area (Å²) in [6, 6.07) is 5.02. The molecule has 5 nitrogen and oxygen atoms in total. The van der Waals surface area contributed by atoms with Crippen LogP contribution in [0.3, 0.4) is 0 Å². The number of guanidine groups is 1. The minimum absolute atomic E-state index is 0. The van der Waals surface area contributed by atoms with Crippen LogP contribution in [0, 0.1) is 6.92 Å². The van der Waals surface area contributed by atoms with Gasteiger partial charge in [-0.2, -0.15) is 0 Å². The molecule has 0 saturated heterocycles. The number of rotatable bonds is 7. The van der Waals surface area contributed by atoms with Crippen molar-refractivity contribution < 1.29 is 5.11 Å². The standard InChI is InChI=1S/C17H22Cl2N4OS.HI/c1-3-20-17(21-5-4-15-10-25-11(2)23-15)22-9-16(24)12-6-13(18)8-14(19)7-12;/h6-8,10,16,24H,3-5,9H2,1-2H3,(H2,20,21,22);1H. The molecule has 3 N–H and O–H groups in total. The molecule has 26 heavy (non-hydrogen) atoms. The molecule has 0 amide bonds. The van der Waals surface area contributed by atoms with Gasteiger partial charge < -0.3 is 15.7 Å². The Bertz CT molecular complexity index is 706. The van der Waals surface area contributed by atoms with Crippen LogP contribution < -0.4 is 10.6 Å². The Labute approximate surface area is 185 Å².